The maximum atomic E-state index is 13.0. The monoisotopic (exact) mass is 396 g/mol. The number of carbonyl (C=O) groups excluding carboxylic acids is 2. The Kier molecular flexibility index (Phi) is 6.31. The van der Waals surface area contributed by atoms with Crippen molar-refractivity contribution in [2.45, 2.75) is 39.3 Å². The summed E-state index contributed by atoms with van der Waals surface area (Å²) in [7, 11) is 0. The molecule has 0 saturated carbocycles. The van der Waals surface area contributed by atoms with Crippen LogP contribution in [0.1, 0.15) is 44.4 Å². The third kappa shape index (κ3) is 4.89. The highest BCUT2D eigenvalue weighted by atomic mass is 32.1. The van der Waals surface area contributed by atoms with Gasteiger partial charge >= 0.3 is 0 Å². The lowest BCUT2D eigenvalue weighted by atomic mass is 10.0. The molecule has 0 saturated heterocycles. The normalized spacial score (nSPS) is 13.0. The highest BCUT2D eigenvalue weighted by molar-refractivity contribution is 7.12. The van der Waals surface area contributed by atoms with Gasteiger partial charge in [0.05, 0.1) is 12.3 Å². The molecule has 0 spiro atoms. The Hall–Kier alpha value is -2.86. The molecule has 0 aliphatic rings. The molecule has 2 heterocycles. The first-order valence-corrected chi connectivity index (χ1v) is 10.0. The van der Waals surface area contributed by atoms with Crippen molar-refractivity contribution in [2.24, 2.45) is 0 Å². The minimum Gasteiger partial charge on any atom is -0.459 e. The number of hydrogen-bond donors (Lipinski definition) is 2. The lowest BCUT2D eigenvalue weighted by Crippen LogP contribution is -2.48. The summed E-state index contributed by atoms with van der Waals surface area (Å²) in [6.07, 6.45) is 1.83. The lowest BCUT2D eigenvalue weighted by Gasteiger charge is -2.21. The molecule has 0 aliphatic heterocycles. The summed E-state index contributed by atoms with van der Waals surface area (Å²) in [5.74, 6) is -0.445. The minimum atomic E-state index is -0.706. The Bertz CT molecular complexity index is 932. The van der Waals surface area contributed by atoms with Gasteiger partial charge in [-0.2, -0.15) is 0 Å². The standard InChI is InChI=1S/C22H24N2O3S/c1-14-12-18(16(3)28-14)15(2)23-21(25)19(13-17-8-5-4-6-9-17)24-22(26)20-10-7-11-27-20/h4-12,15,19H,13H2,1-3H3,(H,23,25)(H,24,26)/t15-,19-/m0/s1. The Labute approximate surface area is 168 Å². The predicted octanol–water partition coefficient (Wildman–Crippen LogP) is 4.18. The zero-order chi connectivity index (χ0) is 20.1. The number of thiophene rings is 1. The molecule has 0 unspecified atom stereocenters. The molecular weight excluding hydrogens is 372 g/mol. The predicted molar refractivity (Wildman–Crippen MR) is 110 cm³/mol. The summed E-state index contributed by atoms with van der Waals surface area (Å²) in [5, 5.41) is 5.85. The van der Waals surface area contributed by atoms with E-state index in [-0.39, 0.29) is 17.7 Å². The van der Waals surface area contributed by atoms with Crippen LogP contribution in [0.3, 0.4) is 0 Å². The molecule has 146 valence electrons. The molecule has 0 fully saturated rings. The molecule has 1 aromatic carbocycles. The van der Waals surface area contributed by atoms with E-state index in [1.165, 1.54) is 16.0 Å². The molecule has 0 bridgehead atoms. The Morgan fingerprint density at radius 3 is 2.43 bits per heavy atom. The first-order chi connectivity index (χ1) is 13.4. The summed E-state index contributed by atoms with van der Waals surface area (Å²) in [6, 6.07) is 14.1. The molecule has 2 amide bonds. The first kappa shape index (κ1) is 19.9. The van der Waals surface area contributed by atoms with Crippen LogP contribution in [-0.2, 0) is 11.2 Å². The van der Waals surface area contributed by atoms with Gasteiger partial charge in [-0.3, -0.25) is 9.59 Å². The van der Waals surface area contributed by atoms with Gasteiger partial charge in [-0.25, -0.2) is 0 Å². The number of nitrogens with one attached hydrogen (secondary N) is 2. The van der Waals surface area contributed by atoms with E-state index in [4.69, 9.17) is 4.42 Å². The second kappa shape index (κ2) is 8.89. The highest BCUT2D eigenvalue weighted by Crippen LogP contribution is 2.26. The lowest BCUT2D eigenvalue weighted by molar-refractivity contribution is -0.123. The van der Waals surface area contributed by atoms with Gasteiger partial charge in [0.1, 0.15) is 6.04 Å². The van der Waals surface area contributed by atoms with Gasteiger partial charge in [-0.1, -0.05) is 30.3 Å². The van der Waals surface area contributed by atoms with Crippen molar-refractivity contribution in [3.63, 3.8) is 0 Å². The average molecular weight is 397 g/mol. The Morgan fingerprint density at radius 2 is 1.82 bits per heavy atom. The van der Waals surface area contributed by atoms with Crippen LogP contribution in [0.2, 0.25) is 0 Å². The van der Waals surface area contributed by atoms with Crippen LogP contribution < -0.4 is 10.6 Å². The Morgan fingerprint density at radius 1 is 1.07 bits per heavy atom. The van der Waals surface area contributed by atoms with Gasteiger partial charge in [-0.05, 0) is 50.1 Å². The van der Waals surface area contributed by atoms with Crippen LogP contribution in [0, 0.1) is 13.8 Å². The summed E-state index contributed by atoms with van der Waals surface area (Å²) in [4.78, 5) is 27.8. The highest BCUT2D eigenvalue weighted by Gasteiger charge is 2.25. The van der Waals surface area contributed by atoms with E-state index in [0.717, 1.165) is 11.1 Å². The molecular formula is C22H24N2O3S. The van der Waals surface area contributed by atoms with Crippen LogP contribution >= 0.6 is 11.3 Å². The molecule has 0 radical (unpaired) electrons. The van der Waals surface area contributed by atoms with Crippen molar-refractivity contribution in [1.82, 2.24) is 10.6 Å². The minimum absolute atomic E-state index is 0.142. The summed E-state index contributed by atoms with van der Waals surface area (Å²) < 4.78 is 5.15. The van der Waals surface area contributed by atoms with Gasteiger partial charge in [0.2, 0.25) is 5.91 Å². The SMILES string of the molecule is Cc1cc([C@H](C)NC(=O)[C@H](Cc2ccccc2)NC(=O)c2ccco2)c(C)s1. The zero-order valence-corrected chi connectivity index (χ0v) is 17.0. The van der Waals surface area contributed by atoms with Crippen molar-refractivity contribution in [2.75, 3.05) is 0 Å². The second-order valence-electron chi connectivity index (χ2n) is 6.79. The second-order valence-corrected chi connectivity index (χ2v) is 8.25. The molecule has 3 rings (SSSR count). The van der Waals surface area contributed by atoms with Crippen molar-refractivity contribution in [1.29, 1.82) is 0 Å². The smallest absolute Gasteiger partial charge is 0.287 e. The number of rotatable bonds is 7. The van der Waals surface area contributed by atoms with Gasteiger partial charge in [0, 0.05) is 16.2 Å². The van der Waals surface area contributed by atoms with E-state index in [2.05, 4.69) is 30.5 Å². The summed E-state index contributed by atoms with van der Waals surface area (Å²) in [6.45, 7) is 6.06. The van der Waals surface area contributed by atoms with E-state index in [9.17, 15) is 9.59 Å². The number of benzene rings is 1. The van der Waals surface area contributed by atoms with Gasteiger partial charge in [0.15, 0.2) is 5.76 Å². The molecule has 28 heavy (non-hydrogen) atoms. The number of aryl methyl sites for hydroxylation is 2. The number of amides is 2. The van der Waals surface area contributed by atoms with Crippen LogP contribution in [-0.4, -0.2) is 17.9 Å². The number of carbonyl (C=O) groups is 2. The van der Waals surface area contributed by atoms with Gasteiger partial charge in [-0.15, -0.1) is 11.3 Å². The maximum Gasteiger partial charge on any atom is 0.287 e. The summed E-state index contributed by atoms with van der Waals surface area (Å²) in [5.41, 5.74) is 2.07. The van der Waals surface area contributed by atoms with Crippen LogP contribution in [0.5, 0.6) is 0 Å². The zero-order valence-electron chi connectivity index (χ0n) is 16.2. The molecule has 3 aromatic rings. The fraction of sp³-hybridized carbons (Fsp3) is 0.273. The number of hydrogen-bond acceptors (Lipinski definition) is 4. The van der Waals surface area contributed by atoms with Gasteiger partial charge in [0.25, 0.3) is 5.91 Å². The average Bonchev–Trinajstić information content (AvgIpc) is 3.31. The number of furan rings is 1. The van der Waals surface area contributed by atoms with Crippen molar-refractivity contribution >= 4 is 23.2 Å². The maximum absolute atomic E-state index is 13.0. The van der Waals surface area contributed by atoms with Crippen molar-refractivity contribution in [3.05, 3.63) is 81.4 Å². The van der Waals surface area contributed by atoms with Gasteiger partial charge < -0.3 is 15.1 Å². The van der Waals surface area contributed by atoms with Crippen molar-refractivity contribution < 1.29 is 14.0 Å². The van der Waals surface area contributed by atoms with E-state index >= 15 is 0 Å². The van der Waals surface area contributed by atoms with Crippen LogP contribution in [0.4, 0.5) is 0 Å². The Balaban J connectivity index is 1.75. The molecule has 2 N–H and O–H groups in total. The third-order valence-corrected chi connectivity index (χ3v) is 5.54. The largest absolute Gasteiger partial charge is 0.459 e. The van der Waals surface area contributed by atoms with E-state index in [1.807, 2.05) is 37.3 Å². The summed E-state index contributed by atoms with van der Waals surface area (Å²) >= 11 is 1.71. The van der Waals surface area contributed by atoms with Crippen LogP contribution in [0.25, 0.3) is 0 Å². The third-order valence-electron chi connectivity index (χ3n) is 4.55. The molecule has 2 atom stereocenters. The van der Waals surface area contributed by atoms with E-state index in [0.29, 0.717) is 6.42 Å². The van der Waals surface area contributed by atoms with Crippen molar-refractivity contribution in [3.8, 4) is 0 Å². The molecule has 5 nitrogen and oxygen atoms in total. The topological polar surface area (TPSA) is 71.3 Å². The molecule has 6 heteroatoms. The van der Waals surface area contributed by atoms with E-state index in [1.54, 1.807) is 23.5 Å². The van der Waals surface area contributed by atoms with E-state index < -0.39 is 11.9 Å². The molecule has 2 aromatic heterocycles. The fourth-order valence-corrected chi connectivity index (χ4v) is 4.19. The van der Waals surface area contributed by atoms with Crippen LogP contribution in [0.15, 0.2) is 59.2 Å². The fourth-order valence-electron chi connectivity index (χ4n) is 3.17. The first-order valence-electron chi connectivity index (χ1n) is 9.19. The quantitative estimate of drug-likeness (QED) is 0.629. The molecule has 0 aliphatic carbocycles.